The van der Waals surface area contributed by atoms with Gasteiger partial charge in [-0.05, 0) is 18.1 Å². The molecule has 0 spiro atoms. The second-order valence-corrected chi connectivity index (χ2v) is 4.80. The molecule has 0 aliphatic rings. The van der Waals surface area contributed by atoms with Gasteiger partial charge in [-0.15, -0.1) is 0 Å². The van der Waals surface area contributed by atoms with Crippen molar-refractivity contribution < 1.29 is 14.6 Å². The number of aromatic nitrogens is 1. The van der Waals surface area contributed by atoms with Crippen LogP contribution in [-0.2, 0) is 11.8 Å². The monoisotopic (exact) mass is 254 g/mol. The fraction of sp³-hybridized carbons (Fsp3) is 0.615. The molecule has 1 heterocycles. The van der Waals surface area contributed by atoms with Crippen LogP contribution in [0.25, 0.3) is 0 Å². The predicted octanol–water partition coefficient (Wildman–Crippen LogP) is 0.788. The first-order valence-electron chi connectivity index (χ1n) is 6.16. The molecular formula is C13H22N2O3. The Bertz CT molecular complexity index is 374. The van der Waals surface area contributed by atoms with Gasteiger partial charge in [0, 0.05) is 26.4 Å². The lowest BCUT2D eigenvalue weighted by Crippen LogP contribution is -2.35. The molecule has 5 nitrogen and oxygen atoms in total. The van der Waals surface area contributed by atoms with Crippen molar-refractivity contribution in [1.29, 1.82) is 0 Å². The first-order valence-corrected chi connectivity index (χ1v) is 6.16. The van der Waals surface area contributed by atoms with E-state index in [0.29, 0.717) is 18.2 Å². The minimum atomic E-state index is -0.673. The highest BCUT2D eigenvalue weighted by Gasteiger charge is 2.11. The van der Waals surface area contributed by atoms with Gasteiger partial charge in [0.2, 0.25) is 0 Å². The molecule has 0 fully saturated rings. The van der Waals surface area contributed by atoms with Gasteiger partial charge in [-0.2, -0.15) is 0 Å². The second kappa shape index (κ2) is 7.18. The van der Waals surface area contributed by atoms with E-state index in [-0.39, 0.29) is 19.1 Å². The van der Waals surface area contributed by atoms with E-state index in [1.165, 1.54) is 0 Å². The zero-order valence-electron chi connectivity index (χ0n) is 11.2. The zero-order valence-corrected chi connectivity index (χ0v) is 11.2. The lowest BCUT2D eigenvalue weighted by molar-refractivity contribution is 0.0258. The summed E-state index contributed by atoms with van der Waals surface area (Å²) >= 11 is 0. The van der Waals surface area contributed by atoms with Gasteiger partial charge in [-0.3, -0.25) is 4.79 Å². The molecule has 1 amide bonds. The normalized spacial score (nSPS) is 12.7. The average molecular weight is 254 g/mol. The van der Waals surface area contributed by atoms with Gasteiger partial charge >= 0.3 is 0 Å². The van der Waals surface area contributed by atoms with Crippen LogP contribution in [0.1, 0.15) is 24.3 Å². The molecule has 0 aromatic carbocycles. The topological polar surface area (TPSA) is 63.5 Å². The molecule has 0 saturated carbocycles. The van der Waals surface area contributed by atoms with E-state index in [1.54, 1.807) is 29.9 Å². The summed E-state index contributed by atoms with van der Waals surface area (Å²) in [6.45, 7) is 5.14. The summed E-state index contributed by atoms with van der Waals surface area (Å²) in [6, 6.07) is 3.54. The number of nitrogens with one attached hydrogen (secondary N) is 1. The van der Waals surface area contributed by atoms with Crippen LogP contribution in [0.4, 0.5) is 0 Å². The summed E-state index contributed by atoms with van der Waals surface area (Å²) in [7, 11) is 1.80. The summed E-state index contributed by atoms with van der Waals surface area (Å²) in [4.78, 5) is 11.7. The van der Waals surface area contributed by atoms with Crippen LogP contribution in [0.2, 0.25) is 0 Å². The Hall–Kier alpha value is -1.33. The molecule has 0 aliphatic carbocycles. The lowest BCUT2D eigenvalue weighted by Gasteiger charge is -2.13. The van der Waals surface area contributed by atoms with Crippen molar-refractivity contribution in [3.63, 3.8) is 0 Å². The van der Waals surface area contributed by atoms with Crippen molar-refractivity contribution in [3.05, 3.63) is 24.0 Å². The van der Waals surface area contributed by atoms with Crippen molar-refractivity contribution in [1.82, 2.24) is 9.88 Å². The number of hydrogen-bond donors (Lipinski definition) is 2. The van der Waals surface area contributed by atoms with Crippen LogP contribution in [0, 0.1) is 5.92 Å². The van der Waals surface area contributed by atoms with Crippen molar-refractivity contribution in [2.75, 3.05) is 19.8 Å². The molecule has 1 aromatic rings. The summed E-state index contributed by atoms with van der Waals surface area (Å²) < 4.78 is 7.03. The van der Waals surface area contributed by atoms with E-state index >= 15 is 0 Å². The van der Waals surface area contributed by atoms with E-state index in [0.717, 1.165) is 0 Å². The number of aryl methyl sites for hydroxylation is 1. The quantitative estimate of drug-likeness (QED) is 0.756. The molecule has 0 aliphatic heterocycles. The van der Waals surface area contributed by atoms with Crippen LogP contribution in [0.15, 0.2) is 18.3 Å². The molecule has 5 heteroatoms. The fourth-order valence-electron chi connectivity index (χ4n) is 1.50. The van der Waals surface area contributed by atoms with Gasteiger partial charge in [0.05, 0.1) is 12.7 Å². The van der Waals surface area contributed by atoms with Crippen molar-refractivity contribution in [2.24, 2.45) is 13.0 Å². The summed E-state index contributed by atoms with van der Waals surface area (Å²) in [6.07, 6.45) is 1.13. The Morgan fingerprint density at radius 3 is 2.78 bits per heavy atom. The number of hydrogen-bond acceptors (Lipinski definition) is 3. The first-order chi connectivity index (χ1) is 8.50. The Morgan fingerprint density at radius 1 is 1.50 bits per heavy atom. The molecule has 1 atom stereocenters. The summed E-state index contributed by atoms with van der Waals surface area (Å²) in [5.74, 6) is 0.251. The van der Waals surface area contributed by atoms with Crippen LogP contribution in [0.5, 0.6) is 0 Å². The molecule has 0 bridgehead atoms. The Labute approximate surface area is 108 Å². The van der Waals surface area contributed by atoms with E-state index in [9.17, 15) is 9.90 Å². The van der Waals surface area contributed by atoms with Crippen molar-refractivity contribution in [3.8, 4) is 0 Å². The molecule has 0 radical (unpaired) electrons. The minimum Gasteiger partial charge on any atom is -0.389 e. The number of nitrogens with zero attached hydrogens (tertiary/aromatic N) is 1. The van der Waals surface area contributed by atoms with Gasteiger partial charge in [-0.1, -0.05) is 13.8 Å². The number of aliphatic hydroxyl groups excluding tert-OH is 1. The van der Waals surface area contributed by atoms with Crippen LogP contribution >= 0.6 is 0 Å². The van der Waals surface area contributed by atoms with Gasteiger partial charge in [0.1, 0.15) is 5.69 Å². The number of ether oxygens (including phenoxy) is 1. The van der Waals surface area contributed by atoms with Crippen LogP contribution in [0.3, 0.4) is 0 Å². The third-order valence-electron chi connectivity index (χ3n) is 2.44. The van der Waals surface area contributed by atoms with E-state index in [4.69, 9.17) is 4.74 Å². The third kappa shape index (κ3) is 4.89. The second-order valence-electron chi connectivity index (χ2n) is 4.80. The van der Waals surface area contributed by atoms with Crippen LogP contribution < -0.4 is 5.32 Å². The number of carbonyl (C=O) groups is 1. The number of rotatable bonds is 7. The lowest BCUT2D eigenvalue weighted by atomic mass is 10.2. The molecule has 1 rings (SSSR count). The molecular weight excluding hydrogens is 232 g/mol. The van der Waals surface area contributed by atoms with Gasteiger partial charge in [0.25, 0.3) is 5.91 Å². The van der Waals surface area contributed by atoms with E-state index in [2.05, 4.69) is 5.32 Å². The van der Waals surface area contributed by atoms with Crippen LogP contribution in [-0.4, -0.2) is 41.4 Å². The highest BCUT2D eigenvalue weighted by Crippen LogP contribution is 1.99. The van der Waals surface area contributed by atoms with Gasteiger partial charge < -0.3 is 19.7 Å². The average Bonchev–Trinajstić information content (AvgIpc) is 2.72. The van der Waals surface area contributed by atoms with Crippen molar-refractivity contribution >= 4 is 5.91 Å². The fourth-order valence-corrected chi connectivity index (χ4v) is 1.50. The highest BCUT2D eigenvalue weighted by atomic mass is 16.5. The van der Waals surface area contributed by atoms with Gasteiger partial charge in [0.15, 0.2) is 0 Å². The van der Waals surface area contributed by atoms with Gasteiger partial charge in [-0.25, -0.2) is 0 Å². The summed E-state index contributed by atoms with van der Waals surface area (Å²) in [5, 5.41) is 12.3. The maximum absolute atomic E-state index is 11.7. The molecule has 18 heavy (non-hydrogen) atoms. The number of carbonyl (C=O) groups excluding carboxylic acids is 1. The number of amides is 1. The molecule has 102 valence electrons. The maximum Gasteiger partial charge on any atom is 0.267 e. The summed E-state index contributed by atoms with van der Waals surface area (Å²) in [5.41, 5.74) is 0.574. The predicted molar refractivity (Wildman–Crippen MR) is 69.4 cm³/mol. The Morgan fingerprint density at radius 2 is 2.22 bits per heavy atom. The SMILES string of the molecule is CC(C)COCC(O)CNC(=O)c1cccn1C. The highest BCUT2D eigenvalue weighted by molar-refractivity contribution is 5.92. The molecule has 1 aromatic heterocycles. The van der Waals surface area contributed by atoms with Crippen molar-refractivity contribution in [2.45, 2.75) is 20.0 Å². The molecule has 2 N–H and O–H groups in total. The maximum atomic E-state index is 11.7. The minimum absolute atomic E-state index is 0.189. The number of aliphatic hydroxyl groups is 1. The first kappa shape index (κ1) is 14.7. The standard InChI is InChI=1S/C13H22N2O3/c1-10(2)8-18-9-11(16)7-14-13(17)12-5-4-6-15(12)3/h4-6,10-11,16H,7-9H2,1-3H3,(H,14,17). The molecule has 1 unspecified atom stereocenters. The Kier molecular flexibility index (Phi) is 5.88. The van der Waals surface area contributed by atoms with E-state index < -0.39 is 6.10 Å². The zero-order chi connectivity index (χ0) is 13.5. The largest absolute Gasteiger partial charge is 0.389 e. The Balaban J connectivity index is 2.24. The molecule has 0 saturated heterocycles. The smallest absolute Gasteiger partial charge is 0.267 e. The van der Waals surface area contributed by atoms with E-state index in [1.807, 2.05) is 13.8 Å². The third-order valence-corrected chi connectivity index (χ3v) is 2.44.